The van der Waals surface area contributed by atoms with Crippen molar-refractivity contribution in [2.24, 2.45) is 5.92 Å². The van der Waals surface area contributed by atoms with Crippen LogP contribution in [0.1, 0.15) is 45.0 Å². The van der Waals surface area contributed by atoms with E-state index in [1.807, 2.05) is 20.0 Å². The monoisotopic (exact) mass is 263 g/mol. The van der Waals surface area contributed by atoms with Crippen molar-refractivity contribution in [3.8, 4) is 0 Å². The number of aliphatic hydroxyl groups is 1. The summed E-state index contributed by atoms with van der Waals surface area (Å²) in [4.78, 5) is 11.2. The fourth-order valence-corrected chi connectivity index (χ4v) is 2.89. The van der Waals surface area contributed by atoms with E-state index in [0.717, 1.165) is 44.0 Å². The number of anilines is 1. The van der Waals surface area contributed by atoms with Crippen LogP contribution in [0, 0.1) is 12.8 Å². The summed E-state index contributed by atoms with van der Waals surface area (Å²) in [6.45, 7) is 9.92. The Morgan fingerprint density at radius 1 is 1.47 bits per heavy atom. The number of aromatic nitrogens is 2. The number of rotatable bonds is 3. The Morgan fingerprint density at radius 3 is 2.84 bits per heavy atom. The van der Waals surface area contributed by atoms with Gasteiger partial charge in [0, 0.05) is 30.8 Å². The zero-order valence-corrected chi connectivity index (χ0v) is 12.5. The summed E-state index contributed by atoms with van der Waals surface area (Å²) >= 11 is 0. The van der Waals surface area contributed by atoms with E-state index in [9.17, 15) is 5.11 Å². The first-order chi connectivity index (χ1) is 8.97. The number of hydrogen-bond acceptors (Lipinski definition) is 4. The summed E-state index contributed by atoms with van der Waals surface area (Å²) in [5.41, 5.74) is 0.654. The topological polar surface area (TPSA) is 49.2 Å². The van der Waals surface area contributed by atoms with E-state index in [2.05, 4.69) is 28.7 Å². The lowest BCUT2D eigenvalue weighted by Gasteiger charge is -2.43. The fraction of sp³-hybridized carbons (Fsp3) is 0.733. The molecular weight excluding hydrogens is 238 g/mol. The fourth-order valence-electron chi connectivity index (χ4n) is 2.89. The number of aryl methyl sites for hydroxylation is 2. The zero-order valence-electron chi connectivity index (χ0n) is 12.5. The smallest absolute Gasteiger partial charge is 0.135 e. The number of nitrogens with zero attached hydrogens (tertiary/aromatic N) is 3. The molecule has 106 valence electrons. The Labute approximate surface area is 115 Å². The van der Waals surface area contributed by atoms with Crippen LogP contribution in [0.4, 0.5) is 5.82 Å². The molecule has 0 unspecified atom stereocenters. The van der Waals surface area contributed by atoms with Crippen LogP contribution in [0.5, 0.6) is 0 Å². The van der Waals surface area contributed by atoms with Crippen molar-refractivity contribution < 1.29 is 5.11 Å². The molecule has 1 N–H and O–H groups in total. The van der Waals surface area contributed by atoms with Crippen molar-refractivity contribution in [3.05, 3.63) is 17.6 Å². The average molecular weight is 263 g/mol. The van der Waals surface area contributed by atoms with Gasteiger partial charge < -0.3 is 10.0 Å². The summed E-state index contributed by atoms with van der Waals surface area (Å²) < 4.78 is 0. The van der Waals surface area contributed by atoms with Gasteiger partial charge in [0.05, 0.1) is 5.60 Å². The van der Waals surface area contributed by atoms with Crippen LogP contribution in [-0.2, 0) is 6.42 Å². The molecule has 0 radical (unpaired) electrons. The number of piperidine rings is 1. The van der Waals surface area contributed by atoms with Crippen LogP contribution in [0.2, 0.25) is 0 Å². The molecule has 2 rings (SSSR count). The summed E-state index contributed by atoms with van der Waals surface area (Å²) in [6, 6.07) is 0. The molecule has 1 aromatic rings. The summed E-state index contributed by atoms with van der Waals surface area (Å²) in [6.07, 6.45) is 4.68. The van der Waals surface area contributed by atoms with Gasteiger partial charge in [-0.15, -0.1) is 0 Å². The van der Waals surface area contributed by atoms with Gasteiger partial charge in [-0.05, 0) is 33.1 Å². The van der Waals surface area contributed by atoms with Crippen molar-refractivity contribution in [2.45, 2.75) is 52.6 Å². The van der Waals surface area contributed by atoms with Crippen LogP contribution in [0.3, 0.4) is 0 Å². The van der Waals surface area contributed by atoms with E-state index in [0.29, 0.717) is 5.92 Å². The Kier molecular flexibility index (Phi) is 4.09. The van der Waals surface area contributed by atoms with Crippen molar-refractivity contribution in [2.75, 3.05) is 18.0 Å². The highest BCUT2D eigenvalue weighted by Crippen LogP contribution is 2.32. The molecule has 2 atom stereocenters. The van der Waals surface area contributed by atoms with Crippen molar-refractivity contribution in [3.63, 3.8) is 0 Å². The molecule has 1 aromatic heterocycles. The first kappa shape index (κ1) is 14.3. The van der Waals surface area contributed by atoms with E-state index in [1.54, 1.807) is 0 Å². The predicted octanol–water partition coefficient (Wildman–Crippen LogP) is 2.33. The molecule has 1 aliphatic rings. The van der Waals surface area contributed by atoms with Crippen molar-refractivity contribution in [1.82, 2.24) is 9.97 Å². The van der Waals surface area contributed by atoms with Gasteiger partial charge in [0.25, 0.3) is 0 Å². The first-order valence-electron chi connectivity index (χ1n) is 7.27. The van der Waals surface area contributed by atoms with Crippen LogP contribution in [-0.4, -0.2) is 33.8 Å². The highest BCUT2D eigenvalue weighted by Gasteiger charge is 2.37. The SMILES string of the molecule is CCc1cnc(C)nc1N1CC[C@@](C)(O)[C@@H](CC)C1. The van der Waals surface area contributed by atoms with Gasteiger partial charge in [-0.2, -0.15) is 0 Å². The minimum Gasteiger partial charge on any atom is -0.390 e. The van der Waals surface area contributed by atoms with E-state index in [-0.39, 0.29) is 0 Å². The van der Waals surface area contributed by atoms with E-state index < -0.39 is 5.60 Å². The van der Waals surface area contributed by atoms with Crippen molar-refractivity contribution in [1.29, 1.82) is 0 Å². The minimum atomic E-state index is -0.542. The zero-order chi connectivity index (χ0) is 14.0. The molecule has 1 aliphatic heterocycles. The predicted molar refractivity (Wildman–Crippen MR) is 77.4 cm³/mol. The van der Waals surface area contributed by atoms with E-state index in [1.165, 1.54) is 5.56 Å². The van der Waals surface area contributed by atoms with Crippen LogP contribution >= 0.6 is 0 Å². The third kappa shape index (κ3) is 2.89. The average Bonchev–Trinajstić information content (AvgIpc) is 2.38. The Bertz CT molecular complexity index is 445. The standard InChI is InChI=1S/C15H25N3O/c1-5-12-9-16-11(3)17-14(12)18-8-7-15(4,19)13(6-2)10-18/h9,13,19H,5-8,10H2,1-4H3/t13-,15+/m0/s1. The Morgan fingerprint density at radius 2 is 2.21 bits per heavy atom. The third-order valence-corrected chi connectivity index (χ3v) is 4.34. The van der Waals surface area contributed by atoms with Gasteiger partial charge in [-0.3, -0.25) is 0 Å². The van der Waals surface area contributed by atoms with E-state index in [4.69, 9.17) is 0 Å². The van der Waals surface area contributed by atoms with Gasteiger partial charge in [0.15, 0.2) is 0 Å². The molecule has 1 saturated heterocycles. The van der Waals surface area contributed by atoms with Crippen LogP contribution < -0.4 is 4.90 Å². The highest BCUT2D eigenvalue weighted by molar-refractivity contribution is 5.47. The maximum atomic E-state index is 10.4. The molecule has 4 nitrogen and oxygen atoms in total. The Hall–Kier alpha value is -1.16. The first-order valence-corrected chi connectivity index (χ1v) is 7.27. The van der Waals surface area contributed by atoms with Crippen LogP contribution in [0.15, 0.2) is 6.20 Å². The molecule has 0 aliphatic carbocycles. The second kappa shape index (κ2) is 5.45. The highest BCUT2D eigenvalue weighted by atomic mass is 16.3. The lowest BCUT2D eigenvalue weighted by Crippen LogP contribution is -2.50. The molecule has 1 fully saturated rings. The molecule has 19 heavy (non-hydrogen) atoms. The lowest BCUT2D eigenvalue weighted by molar-refractivity contribution is -0.0184. The molecule has 4 heteroatoms. The lowest BCUT2D eigenvalue weighted by atomic mass is 9.81. The number of hydrogen-bond donors (Lipinski definition) is 1. The quantitative estimate of drug-likeness (QED) is 0.909. The molecule has 0 amide bonds. The molecular formula is C15H25N3O. The van der Waals surface area contributed by atoms with E-state index >= 15 is 0 Å². The second-order valence-electron chi connectivity index (χ2n) is 5.78. The summed E-state index contributed by atoms with van der Waals surface area (Å²) in [5, 5.41) is 10.4. The van der Waals surface area contributed by atoms with Gasteiger partial charge in [0.1, 0.15) is 11.6 Å². The summed E-state index contributed by atoms with van der Waals surface area (Å²) in [5.74, 6) is 2.18. The van der Waals surface area contributed by atoms with Gasteiger partial charge in [-0.25, -0.2) is 9.97 Å². The molecule has 0 aromatic carbocycles. The third-order valence-electron chi connectivity index (χ3n) is 4.34. The largest absolute Gasteiger partial charge is 0.390 e. The normalized spacial score (nSPS) is 27.6. The molecule has 0 saturated carbocycles. The maximum Gasteiger partial charge on any atom is 0.135 e. The van der Waals surface area contributed by atoms with Gasteiger partial charge in [-0.1, -0.05) is 13.8 Å². The maximum absolute atomic E-state index is 10.4. The Balaban J connectivity index is 2.26. The van der Waals surface area contributed by atoms with Crippen LogP contribution in [0.25, 0.3) is 0 Å². The molecule has 2 heterocycles. The minimum absolute atomic E-state index is 0.307. The van der Waals surface area contributed by atoms with Gasteiger partial charge >= 0.3 is 0 Å². The molecule has 0 bridgehead atoms. The van der Waals surface area contributed by atoms with Crippen molar-refractivity contribution >= 4 is 5.82 Å². The van der Waals surface area contributed by atoms with Gasteiger partial charge in [0.2, 0.25) is 0 Å². The summed E-state index contributed by atoms with van der Waals surface area (Å²) in [7, 11) is 0. The second-order valence-corrected chi connectivity index (χ2v) is 5.78. The molecule has 0 spiro atoms.